The van der Waals surface area contributed by atoms with Gasteiger partial charge in [-0.2, -0.15) is 4.99 Å². The highest BCUT2D eigenvalue weighted by Crippen LogP contribution is 2.29. The van der Waals surface area contributed by atoms with Crippen molar-refractivity contribution in [3.63, 3.8) is 0 Å². The van der Waals surface area contributed by atoms with Crippen LogP contribution in [0.25, 0.3) is 10.2 Å². The second-order valence-corrected chi connectivity index (χ2v) is 9.87. The van der Waals surface area contributed by atoms with Gasteiger partial charge in [0.1, 0.15) is 6.54 Å². The molecule has 0 unspecified atom stereocenters. The first-order valence-electron chi connectivity index (χ1n) is 8.95. The van der Waals surface area contributed by atoms with Crippen LogP contribution < -0.4 is 4.80 Å². The molecule has 0 aliphatic rings. The second-order valence-electron chi connectivity index (χ2n) is 6.50. The van der Waals surface area contributed by atoms with E-state index in [-0.39, 0.29) is 28.4 Å². The molecule has 0 aliphatic carbocycles. The van der Waals surface area contributed by atoms with Gasteiger partial charge in [0.15, 0.2) is 14.6 Å². The van der Waals surface area contributed by atoms with E-state index in [1.54, 1.807) is 23.6 Å². The first-order valence-corrected chi connectivity index (χ1v) is 12.0. The fraction of sp³-hybridized carbons (Fsp3) is 0.250. The van der Waals surface area contributed by atoms with Gasteiger partial charge < -0.3 is 9.30 Å². The van der Waals surface area contributed by atoms with Gasteiger partial charge in [0.2, 0.25) is 0 Å². The van der Waals surface area contributed by atoms with Crippen molar-refractivity contribution in [2.24, 2.45) is 4.99 Å². The molecule has 1 aromatic heterocycles. The molecular formula is C20H19ClN2O5S2. The molecule has 0 saturated carbocycles. The number of carbonyl (C=O) groups is 2. The van der Waals surface area contributed by atoms with Crippen LogP contribution in [0.3, 0.4) is 0 Å². The normalized spacial score (nSPS) is 12.3. The summed E-state index contributed by atoms with van der Waals surface area (Å²) in [6.07, 6.45) is 1.03. The first-order chi connectivity index (χ1) is 14.1. The van der Waals surface area contributed by atoms with E-state index in [0.29, 0.717) is 15.2 Å². The molecule has 2 aromatic carbocycles. The molecule has 0 fully saturated rings. The molecule has 0 N–H and O–H groups in total. The minimum Gasteiger partial charge on any atom is -0.465 e. The van der Waals surface area contributed by atoms with Gasteiger partial charge >= 0.3 is 5.97 Å². The summed E-state index contributed by atoms with van der Waals surface area (Å²) >= 11 is 7.47. The number of carbonyl (C=O) groups excluding carboxylic acids is 2. The number of halogens is 1. The first kappa shape index (κ1) is 22.2. The van der Waals surface area contributed by atoms with Crippen molar-refractivity contribution in [3.8, 4) is 0 Å². The topological polar surface area (TPSA) is 94.8 Å². The molecule has 0 saturated heterocycles. The van der Waals surface area contributed by atoms with Crippen molar-refractivity contribution in [3.05, 3.63) is 57.3 Å². The maximum absolute atomic E-state index is 12.9. The lowest BCUT2D eigenvalue weighted by Gasteiger charge is -2.07. The minimum atomic E-state index is -3.62. The van der Waals surface area contributed by atoms with Crippen LogP contribution in [-0.4, -0.2) is 37.7 Å². The van der Waals surface area contributed by atoms with E-state index < -0.39 is 21.7 Å². The second kappa shape index (κ2) is 8.71. The zero-order valence-electron chi connectivity index (χ0n) is 16.5. The molecule has 7 nitrogen and oxygen atoms in total. The maximum atomic E-state index is 12.9. The molecule has 1 heterocycles. The van der Waals surface area contributed by atoms with Crippen LogP contribution in [0.4, 0.5) is 0 Å². The zero-order valence-corrected chi connectivity index (χ0v) is 18.9. The van der Waals surface area contributed by atoms with Crippen LogP contribution in [0.5, 0.6) is 0 Å². The Kier molecular flexibility index (Phi) is 6.44. The summed E-state index contributed by atoms with van der Waals surface area (Å²) in [6, 6.07) is 9.41. The fourth-order valence-electron chi connectivity index (χ4n) is 3.00. The molecule has 3 aromatic rings. The monoisotopic (exact) mass is 466 g/mol. The predicted octanol–water partition coefficient (Wildman–Crippen LogP) is 3.37. The Morgan fingerprint density at radius 2 is 1.90 bits per heavy atom. The van der Waals surface area contributed by atoms with Gasteiger partial charge in [0.05, 0.1) is 32.3 Å². The molecule has 0 radical (unpaired) electrons. The number of thiazole rings is 1. The quantitative estimate of drug-likeness (QED) is 0.537. The number of nitrogens with zero attached hydrogens (tertiary/aromatic N) is 2. The van der Waals surface area contributed by atoms with Gasteiger partial charge in [0.25, 0.3) is 5.91 Å². The third-order valence-corrected chi connectivity index (χ3v) is 6.98. The standard InChI is InChI=1S/C20H19ClN2O5S2/c1-4-28-16(24)11-23-17-12(2)9-10-14(21)18(17)29-20(23)22-19(25)13-7-5-6-8-15(13)30(3,26)27/h5-10H,4,11H2,1-3H3. The summed E-state index contributed by atoms with van der Waals surface area (Å²) < 4.78 is 31.4. The third-order valence-electron chi connectivity index (χ3n) is 4.29. The number of benzene rings is 2. The van der Waals surface area contributed by atoms with Crippen molar-refractivity contribution in [1.29, 1.82) is 0 Å². The number of aryl methyl sites for hydroxylation is 1. The van der Waals surface area contributed by atoms with Gasteiger partial charge in [-0.25, -0.2) is 8.42 Å². The van der Waals surface area contributed by atoms with Gasteiger partial charge in [-0.05, 0) is 37.6 Å². The van der Waals surface area contributed by atoms with E-state index in [0.717, 1.165) is 23.2 Å². The van der Waals surface area contributed by atoms with Gasteiger partial charge in [-0.15, -0.1) is 0 Å². The van der Waals surface area contributed by atoms with Crippen molar-refractivity contribution in [1.82, 2.24) is 4.57 Å². The third kappa shape index (κ3) is 4.48. The maximum Gasteiger partial charge on any atom is 0.326 e. The SMILES string of the molecule is CCOC(=O)Cn1c(=NC(=O)c2ccccc2S(C)(=O)=O)sc2c(Cl)ccc(C)c21. The van der Waals surface area contributed by atoms with Gasteiger partial charge in [-0.1, -0.05) is 41.1 Å². The molecule has 0 aliphatic heterocycles. The molecule has 10 heteroatoms. The number of hydrogen-bond acceptors (Lipinski definition) is 6. The van der Waals surface area contributed by atoms with Crippen LogP contribution >= 0.6 is 22.9 Å². The Hall–Kier alpha value is -2.49. The average molecular weight is 467 g/mol. The Bertz CT molecular complexity index is 1320. The van der Waals surface area contributed by atoms with Crippen molar-refractivity contribution in [2.45, 2.75) is 25.3 Å². The number of ether oxygens (including phenoxy) is 1. The number of hydrogen-bond donors (Lipinski definition) is 0. The molecule has 0 atom stereocenters. The summed E-state index contributed by atoms with van der Waals surface area (Å²) in [4.78, 5) is 29.3. The molecular weight excluding hydrogens is 448 g/mol. The van der Waals surface area contributed by atoms with E-state index in [9.17, 15) is 18.0 Å². The van der Waals surface area contributed by atoms with Crippen molar-refractivity contribution in [2.75, 3.05) is 12.9 Å². The van der Waals surface area contributed by atoms with Crippen LogP contribution in [0.1, 0.15) is 22.8 Å². The van der Waals surface area contributed by atoms with E-state index in [1.807, 2.05) is 13.0 Å². The van der Waals surface area contributed by atoms with Crippen LogP contribution in [0.15, 0.2) is 46.3 Å². The van der Waals surface area contributed by atoms with E-state index in [4.69, 9.17) is 16.3 Å². The van der Waals surface area contributed by atoms with Gasteiger partial charge in [0, 0.05) is 6.26 Å². The van der Waals surface area contributed by atoms with E-state index in [1.165, 1.54) is 18.2 Å². The lowest BCUT2D eigenvalue weighted by molar-refractivity contribution is -0.143. The van der Waals surface area contributed by atoms with E-state index in [2.05, 4.69) is 4.99 Å². The number of amides is 1. The summed E-state index contributed by atoms with van der Waals surface area (Å²) in [7, 11) is -3.62. The molecule has 3 rings (SSSR count). The van der Waals surface area contributed by atoms with Crippen molar-refractivity contribution >= 4 is 54.9 Å². The predicted molar refractivity (Wildman–Crippen MR) is 116 cm³/mol. The lowest BCUT2D eigenvalue weighted by Crippen LogP contribution is -2.23. The zero-order chi connectivity index (χ0) is 22.1. The largest absolute Gasteiger partial charge is 0.465 e. The fourth-order valence-corrected chi connectivity index (χ4v) is 5.26. The summed E-state index contributed by atoms with van der Waals surface area (Å²) in [6.45, 7) is 3.62. The van der Waals surface area contributed by atoms with Crippen LogP contribution in [0.2, 0.25) is 5.02 Å². The Labute approximate surface area is 182 Å². The molecule has 1 amide bonds. The molecule has 0 bridgehead atoms. The number of esters is 1. The van der Waals surface area contributed by atoms with Gasteiger partial charge in [-0.3, -0.25) is 9.59 Å². The Morgan fingerprint density at radius 3 is 2.57 bits per heavy atom. The number of rotatable bonds is 5. The summed E-state index contributed by atoms with van der Waals surface area (Å²) in [5, 5.41) is 0.462. The summed E-state index contributed by atoms with van der Waals surface area (Å²) in [5.74, 6) is -1.21. The Balaban J connectivity index is 2.24. The van der Waals surface area contributed by atoms with Crippen LogP contribution in [0, 0.1) is 6.92 Å². The highest BCUT2D eigenvalue weighted by atomic mass is 35.5. The van der Waals surface area contributed by atoms with E-state index >= 15 is 0 Å². The van der Waals surface area contributed by atoms with Crippen LogP contribution in [-0.2, 0) is 25.9 Å². The highest BCUT2D eigenvalue weighted by Gasteiger charge is 2.20. The average Bonchev–Trinajstić information content (AvgIpc) is 3.03. The highest BCUT2D eigenvalue weighted by molar-refractivity contribution is 7.90. The lowest BCUT2D eigenvalue weighted by atomic mass is 10.2. The minimum absolute atomic E-state index is 0.0389. The molecule has 0 spiro atoms. The molecule has 158 valence electrons. The smallest absolute Gasteiger partial charge is 0.326 e. The Morgan fingerprint density at radius 1 is 1.20 bits per heavy atom. The number of aromatic nitrogens is 1. The molecule has 30 heavy (non-hydrogen) atoms. The van der Waals surface area contributed by atoms with Crippen molar-refractivity contribution < 1.29 is 22.7 Å². The number of fused-ring (bicyclic) bond motifs is 1. The summed E-state index contributed by atoms with van der Waals surface area (Å²) in [5.41, 5.74) is 1.48. The number of sulfone groups is 1.